The van der Waals surface area contributed by atoms with Crippen molar-refractivity contribution in [3.05, 3.63) is 0 Å². The first-order valence-electron chi connectivity index (χ1n) is 4.17. The third-order valence-electron chi connectivity index (χ3n) is 2.37. The summed E-state index contributed by atoms with van der Waals surface area (Å²) in [6.07, 6.45) is 5.25. The van der Waals surface area contributed by atoms with Crippen molar-refractivity contribution in [1.29, 1.82) is 0 Å². The highest BCUT2D eigenvalue weighted by atomic mass is 16.8. The van der Waals surface area contributed by atoms with Crippen molar-refractivity contribution in [2.45, 2.75) is 37.9 Å². The van der Waals surface area contributed by atoms with Crippen LogP contribution in [0, 0.1) is 0 Å². The summed E-state index contributed by atoms with van der Waals surface area (Å²) in [7, 11) is 0. The lowest BCUT2D eigenvalue weighted by Gasteiger charge is -2.29. The van der Waals surface area contributed by atoms with Crippen LogP contribution in [0.15, 0.2) is 0 Å². The van der Waals surface area contributed by atoms with E-state index in [1.165, 1.54) is 6.42 Å². The third kappa shape index (κ3) is 1.25. The van der Waals surface area contributed by atoms with Gasteiger partial charge in [-0.1, -0.05) is 6.42 Å². The van der Waals surface area contributed by atoms with Crippen LogP contribution in [0.3, 0.4) is 0 Å². The summed E-state index contributed by atoms with van der Waals surface area (Å²) in [5.41, 5.74) is 0. The van der Waals surface area contributed by atoms with Crippen molar-refractivity contribution in [2.75, 3.05) is 6.61 Å². The van der Waals surface area contributed by atoms with Gasteiger partial charge in [0.2, 0.25) is 5.79 Å². The van der Waals surface area contributed by atoms with E-state index in [4.69, 9.17) is 9.47 Å². The first-order valence-corrected chi connectivity index (χ1v) is 4.17. The minimum atomic E-state index is -0.505. The number of hydrogen-bond donors (Lipinski definition) is 0. The van der Waals surface area contributed by atoms with Gasteiger partial charge < -0.3 is 9.47 Å². The SMILES string of the molecule is O=C1COC2(CCCCC2)O1. The van der Waals surface area contributed by atoms with Gasteiger partial charge in [-0.2, -0.15) is 0 Å². The standard InChI is InChI=1S/C8H12O3/c9-7-6-10-8(11-7)4-2-1-3-5-8/h1-6H2. The Labute approximate surface area is 65.7 Å². The van der Waals surface area contributed by atoms with Gasteiger partial charge in [0.25, 0.3) is 0 Å². The number of carbonyl (C=O) groups excluding carboxylic acids is 1. The molecule has 0 aromatic heterocycles. The van der Waals surface area contributed by atoms with Gasteiger partial charge in [-0.25, -0.2) is 4.79 Å². The Balaban J connectivity index is 2.03. The van der Waals surface area contributed by atoms with E-state index in [-0.39, 0.29) is 12.6 Å². The molecule has 1 saturated carbocycles. The number of ether oxygens (including phenoxy) is 2. The molecule has 3 nitrogen and oxygen atoms in total. The lowest BCUT2D eigenvalue weighted by atomic mass is 9.94. The average molecular weight is 156 g/mol. The summed E-state index contributed by atoms with van der Waals surface area (Å²) in [6, 6.07) is 0. The van der Waals surface area contributed by atoms with Crippen LogP contribution in [0.5, 0.6) is 0 Å². The molecule has 1 spiro atoms. The fourth-order valence-electron chi connectivity index (χ4n) is 1.79. The average Bonchev–Trinajstić information content (AvgIpc) is 2.34. The van der Waals surface area contributed by atoms with E-state index >= 15 is 0 Å². The van der Waals surface area contributed by atoms with E-state index in [9.17, 15) is 4.79 Å². The molecule has 11 heavy (non-hydrogen) atoms. The van der Waals surface area contributed by atoms with Crippen molar-refractivity contribution in [2.24, 2.45) is 0 Å². The molecule has 0 unspecified atom stereocenters. The van der Waals surface area contributed by atoms with Crippen LogP contribution in [0.4, 0.5) is 0 Å². The Morgan fingerprint density at radius 3 is 2.45 bits per heavy atom. The molecule has 0 atom stereocenters. The lowest BCUT2D eigenvalue weighted by Crippen LogP contribution is -2.32. The predicted molar refractivity (Wildman–Crippen MR) is 37.9 cm³/mol. The van der Waals surface area contributed by atoms with Crippen LogP contribution < -0.4 is 0 Å². The molecule has 2 fully saturated rings. The van der Waals surface area contributed by atoms with Gasteiger partial charge >= 0.3 is 5.97 Å². The van der Waals surface area contributed by atoms with Gasteiger partial charge in [-0.05, 0) is 12.8 Å². The molecule has 3 heteroatoms. The first kappa shape index (κ1) is 7.10. The molecule has 0 aromatic rings. The minimum Gasteiger partial charge on any atom is -0.431 e. The number of esters is 1. The monoisotopic (exact) mass is 156 g/mol. The quantitative estimate of drug-likeness (QED) is 0.495. The molecule has 0 radical (unpaired) electrons. The van der Waals surface area contributed by atoms with E-state index in [0.717, 1.165) is 25.7 Å². The molecule has 2 rings (SSSR count). The fourth-order valence-corrected chi connectivity index (χ4v) is 1.79. The molecular weight excluding hydrogens is 144 g/mol. The zero-order valence-electron chi connectivity index (χ0n) is 6.47. The molecule has 1 aliphatic carbocycles. The highest BCUT2D eigenvalue weighted by Crippen LogP contribution is 2.35. The second-order valence-corrected chi connectivity index (χ2v) is 3.23. The van der Waals surface area contributed by atoms with Gasteiger partial charge in [-0.3, -0.25) is 0 Å². The number of rotatable bonds is 0. The van der Waals surface area contributed by atoms with Gasteiger partial charge in [0.15, 0.2) is 0 Å². The van der Waals surface area contributed by atoms with Crippen molar-refractivity contribution in [3.8, 4) is 0 Å². The van der Waals surface area contributed by atoms with Gasteiger partial charge in [0, 0.05) is 12.8 Å². The molecule has 1 aliphatic heterocycles. The summed E-state index contributed by atoms with van der Waals surface area (Å²) in [6.45, 7) is 0.153. The van der Waals surface area contributed by atoms with Crippen molar-refractivity contribution >= 4 is 5.97 Å². The van der Waals surface area contributed by atoms with Crippen LogP contribution in [-0.4, -0.2) is 18.4 Å². The maximum atomic E-state index is 10.8. The van der Waals surface area contributed by atoms with Gasteiger partial charge in [-0.15, -0.1) is 0 Å². The lowest BCUT2D eigenvalue weighted by molar-refractivity contribution is -0.185. The molecule has 1 heterocycles. The van der Waals surface area contributed by atoms with E-state index in [0.29, 0.717) is 0 Å². The maximum Gasteiger partial charge on any atom is 0.334 e. The minimum absolute atomic E-state index is 0.153. The van der Waals surface area contributed by atoms with Crippen molar-refractivity contribution < 1.29 is 14.3 Å². The maximum absolute atomic E-state index is 10.8. The Hall–Kier alpha value is -0.570. The van der Waals surface area contributed by atoms with Crippen LogP contribution >= 0.6 is 0 Å². The molecule has 2 aliphatic rings. The Morgan fingerprint density at radius 2 is 1.91 bits per heavy atom. The van der Waals surface area contributed by atoms with Crippen molar-refractivity contribution in [3.63, 3.8) is 0 Å². The topological polar surface area (TPSA) is 35.5 Å². The third-order valence-corrected chi connectivity index (χ3v) is 2.37. The number of carbonyl (C=O) groups is 1. The zero-order chi connectivity index (χ0) is 7.73. The van der Waals surface area contributed by atoms with Crippen molar-refractivity contribution in [1.82, 2.24) is 0 Å². The first-order chi connectivity index (χ1) is 5.31. The highest BCUT2D eigenvalue weighted by molar-refractivity contribution is 5.72. The van der Waals surface area contributed by atoms with Gasteiger partial charge in [0.1, 0.15) is 6.61 Å². The molecule has 0 N–H and O–H groups in total. The van der Waals surface area contributed by atoms with Crippen LogP contribution in [0.25, 0.3) is 0 Å². The van der Waals surface area contributed by atoms with Crippen LogP contribution in [-0.2, 0) is 14.3 Å². The zero-order valence-corrected chi connectivity index (χ0v) is 6.47. The highest BCUT2D eigenvalue weighted by Gasteiger charge is 2.42. The van der Waals surface area contributed by atoms with Crippen LogP contribution in [0.1, 0.15) is 32.1 Å². The summed E-state index contributed by atoms with van der Waals surface area (Å²) < 4.78 is 10.5. The summed E-state index contributed by atoms with van der Waals surface area (Å²) >= 11 is 0. The molecule has 1 saturated heterocycles. The van der Waals surface area contributed by atoms with Crippen LogP contribution in [0.2, 0.25) is 0 Å². The largest absolute Gasteiger partial charge is 0.431 e. The van der Waals surface area contributed by atoms with E-state index in [1.807, 2.05) is 0 Å². The molecule has 62 valence electrons. The Bertz CT molecular complexity index is 170. The van der Waals surface area contributed by atoms with E-state index < -0.39 is 5.79 Å². The second kappa shape index (κ2) is 2.48. The number of hydrogen-bond acceptors (Lipinski definition) is 3. The van der Waals surface area contributed by atoms with E-state index in [1.54, 1.807) is 0 Å². The molecule has 0 aromatic carbocycles. The summed E-state index contributed by atoms with van der Waals surface area (Å²) in [4.78, 5) is 10.8. The van der Waals surface area contributed by atoms with Gasteiger partial charge in [0.05, 0.1) is 0 Å². The predicted octanol–water partition coefficient (Wildman–Crippen LogP) is 1.22. The van der Waals surface area contributed by atoms with E-state index in [2.05, 4.69) is 0 Å². The Morgan fingerprint density at radius 1 is 1.18 bits per heavy atom. The second-order valence-electron chi connectivity index (χ2n) is 3.23. The summed E-state index contributed by atoms with van der Waals surface area (Å²) in [5.74, 6) is -0.707. The fraction of sp³-hybridized carbons (Fsp3) is 0.875. The summed E-state index contributed by atoms with van der Waals surface area (Å²) in [5, 5.41) is 0. The normalized spacial score (nSPS) is 28.9. The molecule has 0 bridgehead atoms. The molecule has 0 amide bonds. The Kier molecular flexibility index (Phi) is 1.60. The molecular formula is C8H12O3. The smallest absolute Gasteiger partial charge is 0.334 e.